The van der Waals surface area contributed by atoms with Crippen molar-refractivity contribution in [2.45, 2.75) is 0 Å². The van der Waals surface area contributed by atoms with Gasteiger partial charge in [0, 0.05) is 11.7 Å². The Kier molecular flexibility index (Phi) is 1.73. The quantitative estimate of drug-likeness (QED) is 0.735. The summed E-state index contributed by atoms with van der Waals surface area (Å²) in [6, 6.07) is 2.24. The Morgan fingerprint density at radius 2 is 2.07 bits per heavy atom. The minimum Gasteiger partial charge on any atom is -0.478 e. The van der Waals surface area contributed by atoms with E-state index in [2.05, 4.69) is 4.98 Å². The first-order valence-corrected chi connectivity index (χ1v) is 3.79. The Labute approximate surface area is 77.0 Å². The van der Waals surface area contributed by atoms with E-state index in [-0.39, 0.29) is 16.5 Å². The molecule has 0 saturated heterocycles. The molecule has 0 saturated carbocycles. The molecule has 2 aromatic rings. The number of hydrogen-bond donors (Lipinski definition) is 2. The number of benzene rings is 1. The van der Waals surface area contributed by atoms with Crippen LogP contribution in [-0.2, 0) is 0 Å². The van der Waals surface area contributed by atoms with E-state index in [1.165, 1.54) is 6.07 Å². The predicted octanol–water partition coefficient (Wildman–Crippen LogP) is 2.14. The van der Waals surface area contributed by atoms with Gasteiger partial charge in [0.25, 0.3) is 0 Å². The van der Waals surface area contributed by atoms with Crippen molar-refractivity contribution in [3.8, 4) is 0 Å². The topological polar surface area (TPSA) is 53.1 Å². The lowest BCUT2D eigenvalue weighted by Gasteiger charge is -1.96. The number of rotatable bonds is 1. The smallest absolute Gasteiger partial charge is 0.337 e. The third-order valence-electron chi connectivity index (χ3n) is 1.97. The molecule has 72 valence electrons. The molecule has 0 aliphatic carbocycles. The molecule has 2 rings (SSSR count). The van der Waals surface area contributed by atoms with Crippen molar-refractivity contribution in [2.24, 2.45) is 0 Å². The van der Waals surface area contributed by atoms with Crippen LogP contribution in [0.25, 0.3) is 10.9 Å². The van der Waals surface area contributed by atoms with Crippen molar-refractivity contribution in [3.05, 3.63) is 35.5 Å². The maximum atomic E-state index is 13.2. The Balaban J connectivity index is 2.89. The Bertz CT molecular complexity index is 519. The Morgan fingerprint density at radius 1 is 1.36 bits per heavy atom. The van der Waals surface area contributed by atoms with Crippen LogP contribution >= 0.6 is 0 Å². The van der Waals surface area contributed by atoms with Gasteiger partial charge in [0.1, 0.15) is 0 Å². The second-order valence-electron chi connectivity index (χ2n) is 2.79. The van der Waals surface area contributed by atoms with E-state index in [1.54, 1.807) is 0 Å². The van der Waals surface area contributed by atoms with Crippen LogP contribution < -0.4 is 0 Å². The molecule has 0 fully saturated rings. The lowest BCUT2D eigenvalue weighted by Crippen LogP contribution is -1.96. The van der Waals surface area contributed by atoms with E-state index < -0.39 is 17.6 Å². The van der Waals surface area contributed by atoms with Crippen molar-refractivity contribution >= 4 is 16.9 Å². The summed E-state index contributed by atoms with van der Waals surface area (Å²) in [6.45, 7) is 0. The summed E-state index contributed by atoms with van der Waals surface area (Å²) in [6.07, 6.45) is 1.13. The van der Waals surface area contributed by atoms with Gasteiger partial charge in [-0.2, -0.15) is 0 Å². The highest BCUT2D eigenvalue weighted by atomic mass is 19.2. The second kappa shape index (κ2) is 2.80. The van der Waals surface area contributed by atoms with Gasteiger partial charge in [-0.1, -0.05) is 0 Å². The molecule has 0 radical (unpaired) electrons. The van der Waals surface area contributed by atoms with Gasteiger partial charge in [0.05, 0.1) is 10.9 Å². The summed E-state index contributed by atoms with van der Waals surface area (Å²) in [4.78, 5) is 13.2. The van der Waals surface area contributed by atoms with E-state index in [1.807, 2.05) is 0 Å². The van der Waals surface area contributed by atoms with E-state index >= 15 is 0 Å². The molecule has 0 spiro atoms. The summed E-state index contributed by atoms with van der Waals surface area (Å²) in [5, 5.41) is 8.45. The molecule has 0 atom stereocenters. The van der Waals surface area contributed by atoms with E-state index in [0.717, 1.165) is 12.3 Å². The van der Waals surface area contributed by atoms with Gasteiger partial charge in [-0.15, -0.1) is 0 Å². The molecule has 0 bridgehead atoms. The molecule has 3 nitrogen and oxygen atoms in total. The third kappa shape index (κ3) is 1.06. The molecular weight excluding hydrogens is 192 g/mol. The molecule has 14 heavy (non-hydrogen) atoms. The van der Waals surface area contributed by atoms with Crippen LogP contribution in [0.4, 0.5) is 8.78 Å². The lowest BCUT2D eigenvalue weighted by molar-refractivity contribution is 0.0699. The minimum absolute atomic E-state index is 0.225. The monoisotopic (exact) mass is 197 g/mol. The van der Waals surface area contributed by atoms with Gasteiger partial charge in [0.15, 0.2) is 11.6 Å². The SMILES string of the molecule is O=C(O)c1c[nH]c2ccc(F)c(F)c12. The van der Waals surface area contributed by atoms with Crippen LogP contribution in [-0.4, -0.2) is 16.1 Å². The number of aromatic amines is 1. The number of carboxylic acids is 1. The van der Waals surface area contributed by atoms with Gasteiger partial charge in [-0.25, -0.2) is 13.6 Å². The molecule has 1 heterocycles. The number of nitrogens with one attached hydrogen (secondary N) is 1. The molecule has 0 amide bonds. The highest BCUT2D eigenvalue weighted by Gasteiger charge is 2.16. The first-order valence-electron chi connectivity index (χ1n) is 3.79. The standard InChI is InChI=1S/C9H5F2NO2/c10-5-1-2-6-7(8(5)11)4(3-12-6)9(13)14/h1-3,12H,(H,13,14). The molecular formula is C9H5F2NO2. The summed E-state index contributed by atoms with van der Waals surface area (Å²) >= 11 is 0. The van der Waals surface area contributed by atoms with E-state index in [0.29, 0.717) is 0 Å². The van der Waals surface area contributed by atoms with Crippen LogP contribution in [0.1, 0.15) is 10.4 Å². The number of halogens is 2. The van der Waals surface area contributed by atoms with E-state index in [9.17, 15) is 13.6 Å². The summed E-state index contributed by atoms with van der Waals surface area (Å²) in [7, 11) is 0. The minimum atomic E-state index is -1.29. The normalized spacial score (nSPS) is 10.7. The summed E-state index contributed by atoms with van der Waals surface area (Å²) < 4.78 is 26.0. The largest absolute Gasteiger partial charge is 0.478 e. The molecule has 0 aliphatic heterocycles. The van der Waals surface area contributed by atoms with Gasteiger partial charge in [0.2, 0.25) is 0 Å². The molecule has 0 unspecified atom stereocenters. The number of carbonyl (C=O) groups is 1. The molecule has 1 aromatic carbocycles. The average molecular weight is 197 g/mol. The van der Waals surface area contributed by atoms with Crippen LogP contribution in [0.2, 0.25) is 0 Å². The average Bonchev–Trinajstić information content (AvgIpc) is 2.55. The fourth-order valence-electron chi connectivity index (χ4n) is 1.33. The maximum absolute atomic E-state index is 13.2. The van der Waals surface area contributed by atoms with Gasteiger partial charge >= 0.3 is 5.97 Å². The van der Waals surface area contributed by atoms with Gasteiger partial charge < -0.3 is 10.1 Å². The highest BCUT2D eigenvalue weighted by Crippen LogP contribution is 2.23. The fraction of sp³-hybridized carbons (Fsp3) is 0. The lowest BCUT2D eigenvalue weighted by atomic mass is 10.1. The van der Waals surface area contributed by atoms with Crippen molar-refractivity contribution in [2.75, 3.05) is 0 Å². The first kappa shape index (κ1) is 8.68. The van der Waals surface area contributed by atoms with Crippen LogP contribution in [0.5, 0.6) is 0 Å². The highest BCUT2D eigenvalue weighted by molar-refractivity contribution is 6.03. The Morgan fingerprint density at radius 3 is 2.71 bits per heavy atom. The van der Waals surface area contributed by atoms with Gasteiger partial charge in [-0.05, 0) is 12.1 Å². The molecule has 5 heteroatoms. The number of hydrogen-bond acceptors (Lipinski definition) is 1. The molecule has 1 aromatic heterocycles. The van der Waals surface area contributed by atoms with Crippen LogP contribution in [0.15, 0.2) is 18.3 Å². The van der Waals surface area contributed by atoms with Crippen molar-refractivity contribution in [3.63, 3.8) is 0 Å². The van der Waals surface area contributed by atoms with E-state index in [4.69, 9.17) is 5.11 Å². The number of fused-ring (bicyclic) bond motifs is 1. The second-order valence-corrected chi connectivity index (χ2v) is 2.79. The number of aromatic nitrogens is 1. The predicted molar refractivity (Wildman–Crippen MR) is 45.2 cm³/mol. The van der Waals surface area contributed by atoms with Crippen molar-refractivity contribution in [1.29, 1.82) is 0 Å². The van der Waals surface area contributed by atoms with Crippen LogP contribution in [0, 0.1) is 11.6 Å². The number of carboxylic acid groups (broad SMARTS) is 1. The summed E-state index contributed by atoms with van der Waals surface area (Å²) in [5.74, 6) is -3.48. The summed E-state index contributed by atoms with van der Waals surface area (Å²) in [5.41, 5.74) is -0.00157. The van der Waals surface area contributed by atoms with Crippen LogP contribution in [0.3, 0.4) is 0 Å². The molecule has 0 aliphatic rings. The maximum Gasteiger partial charge on any atom is 0.337 e. The first-order chi connectivity index (χ1) is 6.61. The molecule has 2 N–H and O–H groups in total. The number of H-pyrrole nitrogens is 1. The zero-order chi connectivity index (χ0) is 10.3. The Hall–Kier alpha value is -1.91. The fourth-order valence-corrected chi connectivity index (χ4v) is 1.33. The number of aromatic carboxylic acids is 1. The zero-order valence-electron chi connectivity index (χ0n) is 6.84. The van der Waals surface area contributed by atoms with Crippen molar-refractivity contribution < 1.29 is 18.7 Å². The third-order valence-corrected chi connectivity index (χ3v) is 1.97. The van der Waals surface area contributed by atoms with Crippen molar-refractivity contribution in [1.82, 2.24) is 4.98 Å². The van der Waals surface area contributed by atoms with Gasteiger partial charge in [-0.3, -0.25) is 0 Å². The zero-order valence-corrected chi connectivity index (χ0v) is 6.84.